The Morgan fingerprint density at radius 2 is 2.12 bits per heavy atom. The Kier molecular flexibility index (Phi) is 6.11. The van der Waals surface area contributed by atoms with E-state index >= 15 is 0 Å². The molecular formula is C11H20N2O2S2. The first-order chi connectivity index (χ1) is 8.10. The zero-order valence-corrected chi connectivity index (χ0v) is 11.7. The quantitative estimate of drug-likeness (QED) is 0.714. The molecule has 0 saturated carbocycles. The van der Waals surface area contributed by atoms with E-state index < -0.39 is 10.0 Å². The number of sulfonamides is 1. The van der Waals surface area contributed by atoms with E-state index in [1.54, 1.807) is 11.4 Å². The van der Waals surface area contributed by atoms with Crippen LogP contribution in [-0.2, 0) is 16.6 Å². The van der Waals surface area contributed by atoms with E-state index in [9.17, 15) is 8.42 Å². The molecule has 0 spiro atoms. The number of hydrogen-bond acceptors (Lipinski definition) is 4. The van der Waals surface area contributed by atoms with Crippen LogP contribution >= 0.6 is 11.3 Å². The molecule has 0 saturated heterocycles. The van der Waals surface area contributed by atoms with Crippen LogP contribution in [0.2, 0.25) is 0 Å². The second-order valence-corrected chi connectivity index (χ2v) is 6.67. The fraction of sp³-hybridized carbons (Fsp3) is 0.636. The molecule has 0 amide bonds. The number of thiophene rings is 1. The fourth-order valence-corrected chi connectivity index (χ4v) is 3.68. The molecule has 0 aliphatic carbocycles. The van der Waals surface area contributed by atoms with Gasteiger partial charge in [0.25, 0.3) is 0 Å². The molecule has 0 aliphatic heterocycles. The van der Waals surface area contributed by atoms with Gasteiger partial charge < -0.3 is 5.73 Å². The standard InChI is InChI=1S/C11H20N2O2S2/c1-2-3-4-5-6-13-17(14,15)11-7-10(8-12)16-9-11/h7,9,13H,2-6,8,12H2,1H3. The van der Waals surface area contributed by atoms with E-state index in [4.69, 9.17) is 5.73 Å². The van der Waals surface area contributed by atoms with Crippen molar-refractivity contribution >= 4 is 21.4 Å². The van der Waals surface area contributed by atoms with E-state index in [1.165, 1.54) is 11.3 Å². The normalized spacial score (nSPS) is 11.9. The fourth-order valence-electron chi connectivity index (χ4n) is 1.45. The molecule has 0 radical (unpaired) electrons. The van der Waals surface area contributed by atoms with Crippen molar-refractivity contribution in [1.82, 2.24) is 4.72 Å². The minimum Gasteiger partial charge on any atom is -0.326 e. The van der Waals surface area contributed by atoms with Gasteiger partial charge in [0.05, 0.1) is 4.90 Å². The van der Waals surface area contributed by atoms with Crippen molar-refractivity contribution in [3.8, 4) is 0 Å². The lowest BCUT2D eigenvalue weighted by Gasteiger charge is -2.04. The van der Waals surface area contributed by atoms with Crippen molar-refractivity contribution in [1.29, 1.82) is 0 Å². The van der Waals surface area contributed by atoms with E-state index in [0.29, 0.717) is 18.0 Å². The summed E-state index contributed by atoms with van der Waals surface area (Å²) in [5.41, 5.74) is 5.46. The molecule has 1 heterocycles. The summed E-state index contributed by atoms with van der Waals surface area (Å²) in [6.45, 7) is 3.02. The summed E-state index contributed by atoms with van der Waals surface area (Å²) in [6.07, 6.45) is 4.26. The molecule has 17 heavy (non-hydrogen) atoms. The van der Waals surface area contributed by atoms with Crippen molar-refractivity contribution < 1.29 is 8.42 Å². The van der Waals surface area contributed by atoms with E-state index in [-0.39, 0.29) is 0 Å². The molecule has 98 valence electrons. The number of hydrogen-bond donors (Lipinski definition) is 2. The maximum absolute atomic E-state index is 11.8. The Hall–Kier alpha value is -0.430. The van der Waals surface area contributed by atoms with Crippen LogP contribution in [-0.4, -0.2) is 15.0 Å². The minimum atomic E-state index is -3.33. The van der Waals surface area contributed by atoms with Gasteiger partial charge >= 0.3 is 0 Å². The molecule has 0 unspecified atom stereocenters. The van der Waals surface area contributed by atoms with Gasteiger partial charge in [0, 0.05) is 23.3 Å². The largest absolute Gasteiger partial charge is 0.326 e. The lowest BCUT2D eigenvalue weighted by molar-refractivity contribution is 0.574. The Morgan fingerprint density at radius 1 is 1.35 bits per heavy atom. The van der Waals surface area contributed by atoms with Gasteiger partial charge in [0.2, 0.25) is 10.0 Å². The Balaban J connectivity index is 2.45. The molecule has 6 heteroatoms. The van der Waals surface area contributed by atoms with Crippen molar-refractivity contribution in [2.75, 3.05) is 6.54 Å². The predicted molar refractivity (Wildman–Crippen MR) is 71.5 cm³/mol. The average Bonchev–Trinajstić information content (AvgIpc) is 2.78. The molecule has 0 aromatic carbocycles. The predicted octanol–water partition coefficient (Wildman–Crippen LogP) is 2.07. The maximum atomic E-state index is 11.8. The summed E-state index contributed by atoms with van der Waals surface area (Å²) in [5, 5.41) is 1.64. The number of unbranched alkanes of at least 4 members (excludes halogenated alkanes) is 3. The van der Waals surface area contributed by atoms with Gasteiger partial charge in [-0.2, -0.15) is 0 Å². The molecule has 1 aromatic heterocycles. The Labute approximate surface area is 107 Å². The van der Waals surface area contributed by atoms with Crippen LogP contribution in [0.15, 0.2) is 16.3 Å². The highest BCUT2D eigenvalue weighted by Gasteiger charge is 2.14. The SMILES string of the molecule is CCCCCCNS(=O)(=O)c1csc(CN)c1. The van der Waals surface area contributed by atoms with Crippen molar-refractivity contribution in [2.45, 2.75) is 44.0 Å². The summed E-state index contributed by atoms with van der Waals surface area (Å²) in [6, 6.07) is 1.64. The van der Waals surface area contributed by atoms with Gasteiger partial charge in [-0.1, -0.05) is 26.2 Å². The zero-order valence-electron chi connectivity index (χ0n) is 10.1. The first kappa shape index (κ1) is 14.6. The number of nitrogens with two attached hydrogens (primary N) is 1. The molecule has 1 aromatic rings. The third kappa shape index (κ3) is 4.75. The summed E-state index contributed by atoms with van der Waals surface area (Å²) < 4.78 is 26.3. The van der Waals surface area contributed by atoms with E-state index in [2.05, 4.69) is 11.6 Å². The van der Waals surface area contributed by atoms with Gasteiger partial charge in [-0.05, 0) is 12.5 Å². The lowest BCUT2D eigenvalue weighted by atomic mass is 10.2. The monoisotopic (exact) mass is 276 g/mol. The molecule has 1 rings (SSSR count). The van der Waals surface area contributed by atoms with Crippen LogP contribution in [0, 0.1) is 0 Å². The molecule has 0 atom stereocenters. The molecular weight excluding hydrogens is 256 g/mol. The molecule has 3 N–H and O–H groups in total. The Bertz CT molecular complexity index is 426. The van der Waals surface area contributed by atoms with Crippen LogP contribution in [0.1, 0.15) is 37.5 Å². The summed E-state index contributed by atoms with van der Waals surface area (Å²) >= 11 is 1.38. The minimum absolute atomic E-state index is 0.332. The first-order valence-electron chi connectivity index (χ1n) is 5.87. The summed E-state index contributed by atoms with van der Waals surface area (Å²) in [4.78, 5) is 1.22. The second-order valence-electron chi connectivity index (χ2n) is 3.91. The van der Waals surface area contributed by atoms with Gasteiger partial charge in [0.1, 0.15) is 0 Å². The van der Waals surface area contributed by atoms with Gasteiger partial charge in [0.15, 0.2) is 0 Å². The van der Waals surface area contributed by atoms with Crippen LogP contribution in [0.5, 0.6) is 0 Å². The maximum Gasteiger partial charge on any atom is 0.241 e. The molecule has 0 aliphatic rings. The topological polar surface area (TPSA) is 72.2 Å². The summed E-state index contributed by atoms with van der Waals surface area (Å²) in [5.74, 6) is 0. The third-order valence-corrected chi connectivity index (χ3v) is 5.01. The Morgan fingerprint density at radius 3 is 2.71 bits per heavy atom. The van der Waals surface area contributed by atoms with Crippen LogP contribution in [0.3, 0.4) is 0 Å². The van der Waals surface area contributed by atoms with Crippen molar-refractivity contribution in [3.05, 3.63) is 16.3 Å². The van der Waals surface area contributed by atoms with E-state index in [1.807, 2.05) is 0 Å². The smallest absolute Gasteiger partial charge is 0.241 e. The second kappa shape index (κ2) is 7.10. The highest BCUT2D eigenvalue weighted by atomic mass is 32.2. The van der Waals surface area contributed by atoms with Gasteiger partial charge in [-0.3, -0.25) is 0 Å². The van der Waals surface area contributed by atoms with Crippen LogP contribution < -0.4 is 10.5 Å². The van der Waals surface area contributed by atoms with Gasteiger partial charge in [-0.15, -0.1) is 11.3 Å². The number of rotatable bonds is 8. The number of nitrogens with one attached hydrogen (secondary N) is 1. The van der Waals surface area contributed by atoms with E-state index in [0.717, 1.165) is 30.6 Å². The highest BCUT2D eigenvalue weighted by Crippen LogP contribution is 2.18. The lowest BCUT2D eigenvalue weighted by Crippen LogP contribution is -2.24. The van der Waals surface area contributed by atoms with Crippen molar-refractivity contribution in [3.63, 3.8) is 0 Å². The first-order valence-corrected chi connectivity index (χ1v) is 8.23. The molecule has 0 fully saturated rings. The summed E-state index contributed by atoms with van der Waals surface area (Å²) in [7, 11) is -3.33. The average molecular weight is 276 g/mol. The third-order valence-electron chi connectivity index (χ3n) is 2.46. The molecule has 4 nitrogen and oxygen atoms in total. The van der Waals surface area contributed by atoms with Crippen molar-refractivity contribution in [2.24, 2.45) is 5.73 Å². The highest BCUT2D eigenvalue weighted by molar-refractivity contribution is 7.89. The van der Waals surface area contributed by atoms with Gasteiger partial charge in [-0.25, -0.2) is 13.1 Å². The van der Waals surface area contributed by atoms with Crippen LogP contribution in [0.4, 0.5) is 0 Å². The zero-order chi connectivity index (χ0) is 12.7. The van der Waals surface area contributed by atoms with Crippen LogP contribution in [0.25, 0.3) is 0 Å². The molecule has 0 bridgehead atoms.